The van der Waals surface area contributed by atoms with Crippen LogP contribution < -0.4 is 0 Å². The molecule has 106 valence electrons. The quantitative estimate of drug-likeness (QED) is 0.702. The van der Waals surface area contributed by atoms with Crippen LogP contribution in [-0.4, -0.2) is 9.97 Å². The Hall–Kier alpha value is -1.48. The van der Waals surface area contributed by atoms with Crippen molar-refractivity contribution in [1.29, 1.82) is 0 Å². The summed E-state index contributed by atoms with van der Waals surface area (Å²) in [6.45, 7) is 9.78. The number of halogens is 2. The molecule has 0 aliphatic carbocycles. The number of nitrogens with zero attached hydrogens (tertiary/aromatic N) is 2. The molecule has 0 N–H and O–H groups in total. The van der Waals surface area contributed by atoms with Crippen molar-refractivity contribution in [2.24, 2.45) is 0 Å². The normalized spacial score (nSPS) is 11.8. The molecule has 0 aliphatic rings. The highest BCUT2D eigenvalue weighted by atomic mass is 35.5. The summed E-state index contributed by atoms with van der Waals surface area (Å²) in [6.07, 6.45) is 0. The third-order valence-corrected chi connectivity index (χ3v) is 3.44. The van der Waals surface area contributed by atoms with E-state index in [0.29, 0.717) is 16.7 Å². The van der Waals surface area contributed by atoms with E-state index in [1.54, 1.807) is 0 Å². The molecule has 0 amide bonds. The first kappa shape index (κ1) is 14.9. The fourth-order valence-electron chi connectivity index (χ4n) is 1.98. The van der Waals surface area contributed by atoms with E-state index in [9.17, 15) is 4.39 Å². The van der Waals surface area contributed by atoms with E-state index in [0.717, 1.165) is 16.7 Å². The Kier molecular flexibility index (Phi) is 3.83. The van der Waals surface area contributed by atoms with E-state index >= 15 is 0 Å². The summed E-state index contributed by atoms with van der Waals surface area (Å²) in [5.74, 6) is 0.386. The molecule has 0 radical (unpaired) electrons. The molecule has 20 heavy (non-hydrogen) atoms. The summed E-state index contributed by atoms with van der Waals surface area (Å²) < 4.78 is 13.6. The second kappa shape index (κ2) is 5.13. The smallest absolute Gasteiger partial charge is 0.136 e. The molecule has 4 heteroatoms. The third-order valence-electron chi connectivity index (χ3n) is 3.07. The summed E-state index contributed by atoms with van der Waals surface area (Å²) >= 11 is 6.21. The first-order chi connectivity index (χ1) is 9.18. The van der Waals surface area contributed by atoms with Crippen LogP contribution in [0.15, 0.2) is 18.2 Å². The monoisotopic (exact) mass is 292 g/mol. The van der Waals surface area contributed by atoms with Crippen molar-refractivity contribution >= 4 is 11.6 Å². The van der Waals surface area contributed by atoms with Gasteiger partial charge in [-0.3, -0.25) is 0 Å². The summed E-state index contributed by atoms with van der Waals surface area (Å²) in [5.41, 5.74) is 2.83. The van der Waals surface area contributed by atoms with Gasteiger partial charge in [0.25, 0.3) is 0 Å². The van der Waals surface area contributed by atoms with Crippen LogP contribution in [0.2, 0.25) is 5.15 Å². The Bertz CT molecular complexity index is 640. The van der Waals surface area contributed by atoms with E-state index < -0.39 is 0 Å². The molecule has 1 heterocycles. The number of hydrogen-bond acceptors (Lipinski definition) is 2. The minimum absolute atomic E-state index is 0.214. The molecule has 1 aromatic carbocycles. The topological polar surface area (TPSA) is 25.8 Å². The SMILES string of the molecule is Cc1cc(F)cc(-c2nc(C(C)(C)C)nc(Cl)c2C)c1. The Morgan fingerprint density at radius 1 is 1.05 bits per heavy atom. The molecule has 0 atom stereocenters. The molecule has 0 fully saturated rings. The number of aryl methyl sites for hydroxylation is 1. The van der Waals surface area contributed by atoms with Crippen molar-refractivity contribution in [2.75, 3.05) is 0 Å². The van der Waals surface area contributed by atoms with Crippen molar-refractivity contribution in [3.05, 3.63) is 46.1 Å². The van der Waals surface area contributed by atoms with Crippen LogP contribution in [0, 0.1) is 19.7 Å². The largest absolute Gasteiger partial charge is 0.232 e. The van der Waals surface area contributed by atoms with E-state index in [4.69, 9.17) is 11.6 Å². The molecule has 0 saturated carbocycles. The summed E-state index contributed by atoms with van der Waals surface area (Å²) in [6, 6.07) is 4.87. The molecule has 0 aliphatic heterocycles. The van der Waals surface area contributed by atoms with Gasteiger partial charge in [0.2, 0.25) is 0 Å². The van der Waals surface area contributed by atoms with Crippen LogP contribution in [0.1, 0.15) is 37.7 Å². The fourth-order valence-corrected chi connectivity index (χ4v) is 2.15. The van der Waals surface area contributed by atoms with Crippen molar-refractivity contribution in [1.82, 2.24) is 9.97 Å². The van der Waals surface area contributed by atoms with Gasteiger partial charge in [-0.25, -0.2) is 14.4 Å². The van der Waals surface area contributed by atoms with Gasteiger partial charge in [-0.1, -0.05) is 32.4 Å². The van der Waals surface area contributed by atoms with Crippen LogP contribution in [0.5, 0.6) is 0 Å². The maximum atomic E-state index is 13.6. The Labute approximate surface area is 124 Å². The van der Waals surface area contributed by atoms with E-state index in [1.807, 2.05) is 40.7 Å². The molecule has 0 unspecified atom stereocenters. The lowest BCUT2D eigenvalue weighted by Gasteiger charge is -2.19. The molecule has 1 aromatic heterocycles. The van der Waals surface area contributed by atoms with E-state index in [-0.39, 0.29) is 11.2 Å². The second-order valence-corrected chi connectivity index (χ2v) is 6.44. The minimum Gasteiger partial charge on any atom is -0.232 e. The second-order valence-electron chi connectivity index (χ2n) is 6.08. The molecule has 2 nitrogen and oxygen atoms in total. The highest BCUT2D eigenvalue weighted by Gasteiger charge is 2.21. The highest BCUT2D eigenvalue weighted by molar-refractivity contribution is 6.30. The van der Waals surface area contributed by atoms with Crippen LogP contribution in [0.4, 0.5) is 4.39 Å². The van der Waals surface area contributed by atoms with Crippen molar-refractivity contribution in [3.63, 3.8) is 0 Å². The predicted molar refractivity (Wildman–Crippen MR) is 80.6 cm³/mol. The first-order valence-electron chi connectivity index (χ1n) is 6.50. The summed E-state index contributed by atoms with van der Waals surface area (Å²) in [5, 5.41) is 0.418. The lowest BCUT2D eigenvalue weighted by Crippen LogP contribution is -2.17. The molecule has 0 bridgehead atoms. The lowest BCUT2D eigenvalue weighted by molar-refractivity contribution is 0.545. The van der Waals surface area contributed by atoms with Gasteiger partial charge in [-0.15, -0.1) is 0 Å². The summed E-state index contributed by atoms with van der Waals surface area (Å²) in [7, 11) is 0. The zero-order chi connectivity index (χ0) is 15.1. The van der Waals surface area contributed by atoms with Crippen LogP contribution in [0.25, 0.3) is 11.3 Å². The van der Waals surface area contributed by atoms with Crippen molar-refractivity contribution < 1.29 is 4.39 Å². The molecule has 2 rings (SSSR count). The van der Waals surface area contributed by atoms with Gasteiger partial charge in [0, 0.05) is 16.5 Å². The molecule has 0 spiro atoms. The van der Waals surface area contributed by atoms with Gasteiger partial charge in [0.1, 0.15) is 16.8 Å². The average molecular weight is 293 g/mol. The number of hydrogen-bond donors (Lipinski definition) is 0. The molecular weight excluding hydrogens is 275 g/mol. The van der Waals surface area contributed by atoms with Crippen molar-refractivity contribution in [3.8, 4) is 11.3 Å². The Balaban J connectivity index is 2.70. The van der Waals surface area contributed by atoms with Gasteiger partial charge < -0.3 is 0 Å². The molecular formula is C16H18ClFN2. The number of aromatic nitrogens is 2. The third kappa shape index (κ3) is 2.98. The standard InChI is InChI=1S/C16H18ClFN2/c1-9-6-11(8-12(18)7-9)13-10(2)14(17)20-15(19-13)16(3,4)5/h6-8H,1-5H3. The first-order valence-corrected chi connectivity index (χ1v) is 6.88. The number of rotatable bonds is 1. The Morgan fingerprint density at radius 3 is 2.25 bits per heavy atom. The van der Waals surface area contributed by atoms with Crippen LogP contribution >= 0.6 is 11.6 Å². The lowest BCUT2D eigenvalue weighted by atomic mass is 9.95. The fraction of sp³-hybridized carbons (Fsp3) is 0.375. The highest BCUT2D eigenvalue weighted by Crippen LogP contribution is 2.30. The van der Waals surface area contributed by atoms with Crippen LogP contribution in [-0.2, 0) is 5.41 Å². The molecule has 2 aromatic rings. The zero-order valence-electron chi connectivity index (χ0n) is 12.4. The Morgan fingerprint density at radius 2 is 1.70 bits per heavy atom. The number of benzene rings is 1. The van der Waals surface area contributed by atoms with E-state index in [2.05, 4.69) is 9.97 Å². The minimum atomic E-state index is -0.272. The zero-order valence-corrected chi connectivity index (χ0v) is 13.1. The maximum absolute atomic E-state index is 13.6. The maximum Gasteiger partial charge on any atom is 0.136 e. The summed E-state index contributed by atoms with van der Waals surface area (Å²) in [4.78, 5) is 8.93. The van der Waals surface area contributed by atoms with Gasteiger partial charge >= 0.3 is 0 Å². The average Bonchev–Trinajstić information content (AvgIpc) is 2.29. The van der Waals surface area contributed by atoms with Crippen LogP contribution in [0.3, 0.4) is 0 Å². The van der Waals surface area contributed by atoms with Gasteiger partial charge in [-0.05, 0) is 37.6 Å². The van der Waals surface area contributed by atoms with Gasteiger partial charge in [0.15, 0.2) is 0 Å². The predicted octanol–water partition coefficient (Wildman–Crippen LogP) is 4.85. The van der Waals surface area contributed by atoms with Crippen molar-refractivity contribution in [2.45, 2.75) is 40.0 Å². The van der Waals surface area contributed by atoms with Gasteiger partial charge in [-0.2, -0.15) is 0 Å². The molecule has 0 saturated heterocycles. The van der Waals surface area contributed by atoms with E-state index in [1.165, 1.54) is 12.1 Å². The van der Waals surface area contributed by atoms with Gasteiger partial charge in [0.05, 0.1) is 5.69 Å².